The van der Waals surface area contributed by atoms with Crippen LogP contribution in [0.15, 0.2) is 66.7 Å². The number of aliphatic hydroxyl groups excluding tert-OH is 2. The molecule has 3 aromatic rings. The van der Waals surface area contributed by atoms with E-state index in [9.17, 15) is 28.2 Å². The van der Waals surface area contributed by atoms with Gasteiger partial charge in [-0.1, -0.05) is 54.6 Å². The highest BCUT2D eigenvalue weighted by Gasteiger charge is 2.35. The number of amides is 1. The van der Waals surface area contributed by atoms with E-state index in [0.29, 0.717) is 0 Å². The van der Waals surface area contributed by atoms with E-state index in [0.717, 1.165) is 47.6 Å². The molecule has 0 saturated heterocycles. The Hall–Kier alpha value is -3.56. The number of carbonyl (C=O) groups excluding carboxylic acids is 1. The first-order valence-corrected chi connectivity index (χ1v) is 11.4. The predicted octanol–water partition coefficient (Wildman–Crippen LogP) is 5.04. The van der Waals surface area contributed by atoms with Crippen LogP contribution in [0.4, 0.5) is 18.0 Å². The molecule has 0 aromatic heterocycles. The van der Waals surface area contributed by atoms with Gasteiger partial charge < -0.3 is 25.0 Å². The molecular formula is C27H26F3NO5. The zero-order chi connectivity index (χ0) is 25.9. The third kappa shape index (κ3) is 5.32. The number of methoxy groups -OCH3 is 1. The number of hydrogen-bond acceptors (Lipinski definition) is 5. The average molecular weight is 502 g/mol. The summed E-state index contributed by atoms with van der Waals surface area (Å²) in [5, 5.41) is 23.2. The first kappa shape index (κ1) is 25.5. The molecule has 4 rings (SSSR count). The Morgan fingerprint density at radius 1 is 1.00 bits per heavy atom. The first-order chi connectivity index (χ1) is 17.2. The maximum atomic E-state index is 13.0. The molecule has 0 fully saturated rings. The number of carbonyl (C=O) groups is 1. The van der Waals surface area contributed by atoms with Crippen molar-refractivity contribution in [2.24, 2.45) is 0 Å². The summed E-state index contributed by atoms with van der Waals surface area (Å²) in [6.07, 6.45) is -8.13. The fraction of sp³-hybridized carbons (Fsp3) is 0.296. The largest absolute Gasteiger partial charge is 0.496 e. The van der Waals surface area contributed by atoms with E-state index in [1.54, 1.807) is 0 Å². The lowest BCUT2D eigenvalue weighted by Gasteiger charge is -2.20. The van der Waals surface area contributed by atoms with Crippen LogP contribution in [0.5, 0.6) is 5.75 Å². The first-order valence-electron chi connectivity index (χ1n) is 11.4. The van der Waals surface area contributed by atoms with Crippen molar-refractivity contribution >= 4 is 6.09 Å². The third-order valence-corrected chi connectivity index (χ3v) is 6.29. The molecule has 1 aliphatic rings. The molecule has 2 unspecified atom stereocenters. The van der Waals surface area contributed by atoms with Gasteiger partial charge in [0.2, 0.25) is 0 Å². The molecule has 0 radical (unpaired) electrons. The summed E-state index contributed by atoms with van der Waals surface area (Å²) in [7, 11) is 1.09. The summed E-state index contributed by atoms with van der Waals surface area (Å²) in [6, 6.07) is 18.8. The Morgan fingerprint density at radius 3 is 2.19 bits per heavy atom. The highest BCUT2D eigenvalue weighted by Crippen LogP contribution is 2.44. The lowest BCUT2D eigenvalue weighted by molar-refractivity contribution is -0.138. The van der Waals surface area contributed by atoms with Gasteiger partial charge in [0.05, 0.1) is 18.8 Å². The van der Waals surface area contributed by atoms with E-state index in [2.05, 4.69) is 5.32 Å². The summed E-state index contributed by atoms with van der Waals surface area (Å²) in [5.41, 5.74) is 3.47. The zero-order valence-electron chi connectivity index (χ0n) is 19.5. The SMILES string of the molecule is COc1cc(C(O)C(O)CCNC(=O)OCC2c3ccccc3-c3ccccc32)ccc1C(F)(F)F. The number of rotatable bonds is 8. The molecule has 36 heavy (non-hydrogen) atoms. The fourth-order valence-corrected chi connectivity index (χ4v) is 4.48. The lowest BCUT2D eigenvalue weighted by atomic mass is 9.98. The van der Waals surface area contributed by atoms with Gasteiger partial charge in [-0.2, -0.15) is 13.2 Å². The van der Waals surface area contributed by atoms with E-state index >= 15 is 0 Å². The molecule has 3 N–H and O–H groups in total. The molecule has 0 spiro atoms. The maximum Gasteiger partial charge on any atom is 0.419 e. The van der Waals surface area contributed by atoms with Crippen LogP contribution < -0.4 is 10.1 Å². The summed E-state index contributed by atoms with van der Waals surface area (Å²) in [6.45, 7) is 0.128. The van der Waals surface area contributed by atoms with E-state index in [1.807, 2.05) is 48.5 Å². The Balaban J connectivity index is 1.29. The topological polar surface area (TPSA) is 88.0 Å². The monoisotopic (exact) mass is 501 g/mol. The van der Waals surface area contributed by atoms with Crippen LogP contribution in [0.1, 0.15) is 40.7 Å². The minimum absolute atomic E-state index is 0.00727. The maximum absolute atomic E-state index is 13.0. The second-order valence-corrected chi connectivity index (χ2v) is 8.51. The number of fused-ring (bicyclic) bond motifs is 3. The molecule has 1 aliphatic carbocycles. The molecule has 6 nitrogen and oxygen atoms in total. The second-order valence-electron chi connectivity index (χ2n) is 8.51. The Labute approximate surface area is 206 Å². The van der Waals surface area contributed by atoms with Gasteiger partial charge in [-0.05, 0) is 46.4 Å². The van der Waals surface area contributed by atoms with Gasteiger partial charge >= 0.3 is 12.3 Å². The van der Waals surface area contributed by atoms with Crippen LogP contribution in [0.2, 0.25) is 0 Å². The van der Waals surface area contributed by atoms with Crippen LogP contribution in [0.3, 0.4) is 0 Å². The van der Waals surface area contributed by atoms with Crippen LogP contribution in [-0.2, 0) is 10.9 Å². The third-order valence-electron chi connectivity index (χ3n) is 6.29. The average Bonchev–Trinajstić information content (AvgIpc) is 3.19. The van der Waals surface area contributed by atoms with Crippen molar-refractivity contribution in [2.45, 2.75) is 30.7 Å². The summed E-state index contributed by atoms with van der Waals surface area (Å²) in [5.74, 6) is -0.548. The minimum Gasteiger partial charge on any atom is -0.496 e. The molecule has 9 heteroatoms. The number of ether oxygens (including phenoxy) is 2. The van der Waals surface area contributed by atoms with Crippen molar-refractivity contribution in [3.05, 3.63) is 89.0 Å². The van der Waals surface area contributed by atoms with Crippen LogP contribution in [-0.4, -0.2) is 42.7 Å². The van der Waals surface area contributed by atoms with Crippen molar-refractivity contribution in [1.29, 1.82) is 0 Å². The van der Waals surface area contributed by atoms with Crippen LogP contribution in [0, 0.1) is 0 Å². The number of hydrogen-bond donors (Lipinski definition) is 3. The fourth-order valence-electron chi connectivity index (χ4n) is 4.48. The lowest BCUT2D eigenvalue weighted by Crippen LogP contribution is -2.30. The summed E-state index contributed by atoms with van der Waals surface area (Å²) < 4.78 is 49.3. The molecular weight excluding hydrogens is 475 g/mol. The van der Waals surface area contributed by atoms with E-state index in [-0.39, 0.29) is 31.1 Å². The number of nitrogens with one attached hydrogen (secondary N) is 1. The molecule has 0 bridgehead atoms. The molecule has 0 heterocycles. The van der Waals surface area contributed by atoms with Gasteiger partial charge in [-0.15, -0.1) is 0 Å². The van der Waals surface area contributed by atoms with Crippen LogP contribution in [0.25, 0.3) is 11.1 Å². The van der Waals surface area contributed by atoms with E-state index in [4.69, 9.17) is 9.47 Å². The van der Waals surface area contributed by atoms with Gasteiger partial charge in [0.25, 0.3) is 0 Å². The van der Waals surface area contributed by atoms with Crippen molar-refractivity contribution in [3.63, 3.8) is 0 Å². The number of alkyl halides is 3. The minimum atomic E-state index is -4.61. The Bertz CT molecular complexity index is 1180. The smallest absolute Gasteiger partial charge is 0.419 e. The summed E-state index contributed by atoms with van der Waals surface area (Å²) >= 11 is 0. The van der Waals surface area contributed by atoms with Crippen LogP contribution >= 0.6 is 0 Å². The van der Waals surface area contributed by atoms with Gasteiger partial charge in [0.1, 0.15) is 18.5 Å². The molecule has 190 valence electrons. The second kappa shape index (κ2) is 10.6. The molecule has 0 saturated carbocycles. The zero-order valence-corrected chi connectivity index (χ0v) is 19.5. The van der Waals surface area contributed by atoms with Gasteiger partial charge in [0, 0.05) is 12.5 Å². The molecule has 2 atom stereocenters. The number of halogens is 3. The molecule has 0 aliphatic heterocycles. The summed E-state index contributed by atoms with van der Waals surface area (Å²) in [4.78, 5) is 12.3. The van der Waals surface area contributed by atoms with Gasteiger partial charge in [-0.3, -0.25) is 0 Å². The standard InChI is InChI=1S/C27H26F3NO5/c1-35-24-14-16(10-11-22(24)27(28,29)30)25(33)23(32)12-13-31-26(34)36-15-21-19-8-4-2-6-17(19)18-7-3-5-9-20(18)21/h2-11,14,21,23,25,32-33H,12-13,15H2,1H3,(H,31,34). The predicted molar refractivity (Wildman–Crippen MR) is 127 cm³/mol. The van der Waals surface area contributed by atoms with Gasteiger partial charge in [0.15, 0.2) is 0 Å². The number of benzene rings is 3. The highest BCUT2D eigenvalue weighted by molar-refractivity contribution is 5.79. The van der Waals surface area contributed by atoms with E-state index < -0.39 is 35.8 Å². The van der Waals surface area contributed by atoms with Crippen molar-refractivity contribution in [2.75, 3.05) is 20.3 Å². The molecule has 3 aromatic carbocycles. The molecule has 1 amide bonds. The Kier molecular flexibility index (Phi) is 7.51. The van der Waals surface area contributed by atoms with Gasteiger partial charge in [-0.25, -0.2) is 4.79 Å². The highest BCUT2D eigenvalue weighted by atomic mass is 19.4. The number of aliphatic hydroxyl groups is 2. The van der Waals surface area contributed by atoms with E-state index in [1.165, 1.54) is 0 Å². The number of alkyl carbamates (subject to hydrolysis) is 1. The van der Waals surface area contributed by atoms with Crippen molar-refractivity contribution < 1.29 is 37.7 Å². The Morgan fingerprint density at radius 2 is 1.61 bits per heavy atom. The normalized spacial score (nSPS) is 14.5. The van der Waals surface area contributed by atoms with Crippen molar-refractivity contribution in [1.82, 2.24) is 5.32 Å². The van der Waals surface area contributed by atoms with Crippen molar-refractivity contribution in [3.8, 4) is 16.9 Å². The quantitative estimate of drug-likeness (QED) is 0.403.